The highest BCUT2D eigenvalue weighted by Crippen LogP contribution is 2.32. The van der Waals surface area contributed by atoms with Crippen LogP contribution in [0.2, 0.25) is 0 Å². The third-order valence-electron chi connectivity index (χ3n) is 4.24. The van der Waals surface area contributed by atoms with Gasteiger partial charge in [-0.3, -0.25) is 19.7 Å². The highest BCUT2D eigenvalue weighted by atomic mass is 32.1. The summed E-state index contributed by atoms with van der Waals surface area (Å²) in [4.78, 5) is 38.0. The van der Waals surface area contributed by atoms with Crippen molar-refractivity contribution < 1.29 is 14.5 Å². The largest absolute Gasteiger partial charge is 0.362 e. The number of aldehydes is 1. The lowest BCUT2D eigenvalue weighted by Gasteiger charge is -2.36. The van der Waals surface area contributed by atoms with Crippen LogP contribution in [-0.4, -0.2) is 43.2 Å². The molecular formula is C17H17N3O4S. The molecule has 1 aromatic carbocycles. The molecule has 0 spiro atoms. The first kappa shape index (κ1) is 17.1. The maximum atomic E-state index is 11.5. The Balaban J connectivity index is 1.77. The van der Waals surface area contributed by atoms with Crippen LogP contribution >= 0.6 is 11.3 Å². The van der Waals surface area contributed by atoms with Crippen molar-refractivity contribution in [3.63, 3.8) is 0 Å². The summed E-state index contributed by atoms with van der Waals surface area (Å²) in [6, 6.07) is 8.35. The highest BCUT2D eigenvalue weighted by molar-refractivity contribution is 7.17. The summed E-state index contributed by atoms with van der Waals surface area (Å²) in [6.45, 7) is 4.09. The Morgan fingerprint density at radius 1 is 1.16 bits per heavy atom. The van der Waals surface area contributed by atoms with Crippen LogP contribution in [0.15, 0.2) is 30.3 Å². The summed E-state index contributed by atoms with van der Waals surface area (Å²) in [6.07, 6.45) is 0.838. The van der Waals surface area contributed by atoms with Crippen LogP contribution in [0.5, 0.6) is 0 Å². The van der Waals surface area contributed by atoms with E-state index in [-0.39, 0.29) is 11.5 Å². The number of carbonyl (C=O) groups is 2. The molecule has 0 amide bonds. The van der Waals surface area contributed by atoms with Gasteiger partial charge in [0.2, 0.25) is 0 Å². The average Bonchev–Trinajstić information content (AvgIpc) is 3.10. The molecule has 1 saturated heterocycles. The van der Waals surface area contributed by atoms with Crippen LogP contribution in [0.25, 0.3) is 0 Å². The van der Waals surface area contributed by atoms with E-state index in [4.69, 9.17) is 0 Å². The second kappa shape index (κ2) is 7.02. The van der Waals surface area contributed by atoms with Crippen LogP contribution in [-0.2, 0) is 0 Å². The number of benzene rings is 1. The molecule has 1 aliphatic rings. The number of rotatable bonds is 5. The number of nitro benzene ring substituents is 1. The number of Topliss-reactive ketones (excluding diaryl/α,β-unsaturated/α-hetero) is 1. The van der Waals surface area contributed by atoms with Gasteiger partial charge in [0.05, 0.1) is 14.8 Å². The molecule has 0 bridgehead atoms. The summed E-state index contributed by atoms with van der Waals surface area (Å²) >= 11 is 1.44. The normalized spacial score (nSPS) is 14.4. The first-order chi connectivity index (χ1) is 12.0. The molecule has 1 aliphatic heterocycles. The quantitative estimate of drug-likeness (QED) is 0.353. The van der Waals surface area contributed by atoms with Crippen molar-refractivity contribution in [1.29, 1.82) is 0 Å². The van der Waals surface area contributed by atoms with Crippen LogP contribution < -0.4 is 9.80 Å². The standard InChI is InChI=1S/C17H17N3O4S/c1-12(22)13-2-4-15(16(10-13)20(23)24)18-6-8-19(9-7-18)17-5-3-14(11-21)25-17/h2-5,10-11H,6-9H2,1H3. The molecule has 3 rings (SSSR count). The molecule has 0 radical (unpaired) electrons. The Morgan fingerprint density at radius 2 is 1.84 bits per heavy atom. The molecular weight excluding hydrogens is 342 g/mol. The number of hydrogen-bond acceptors (Lipinski definition) is 7. The van der Waals surface area contributed by atoms with E-state index >= 15 is 0 Å². The number of nitrogens with zero attached hydrogens (tertiary/aromatic N) is 3. The zero-order valence-corrected chi connectivity index (χ0v) is 14.5. The van der Waals surface area contributed by atoms with E-state index in [0.29, 0.717) is 42.3 Å². The molecule has 0 atom stereocenters. The van der Waals surface area contributed by atoms with Gasteiger partial charge < -0.3 is 9.80 Å². The monoisotopic (exact) mass is 359 g/mol. The van der Waals surface area contributed by atoms with Crippen molar-refractivity contribution in [2.45, 2.75) is 6.92 Å². The summed E-state index contributed by atoms with van der Waals surface area (Å²) in [5.74, 6) is -0.192. The minimum atomic E-state index is -0.441. The molecule has 2 aromatic rings. The van der Waals surface area contributed by atoms with Crippen molar-refractivity contribution in [2.24, 2.45) is 0 Å². The van der Waals surface area contributed by atoms with Gasteiger partial charge in [0.1, 0.15) is 5.69 Å². The fourth-order valence-electron chi connectivity index (χ4n) is 2.90. The van der Waals surface area contributed by atoms with Crippen molar-refractivity contribution >= 4 is 39.8 Å². The maximum Gasteiger partial charge on any atom is 0.293 e. The van der Waals surface area contributed by atoms with Gasteiger partial charge in [-0.05, 0) is 31.2 Å². The fraction of sp³-hybridized carbons (Fsp3) is 0.294. The van der Waals surface area contributed by atoms with Gasteiger partial charge in [0, 0.05) is 37.8 Å². The first-order valence-corrected chi connectivity index (χ1v) is 8.65. The number of piperazine rings is 1. The van der Waals surface area contributed by atoms with Crippen LogP contribution in [0.3, 0.4) is 0 Å². The third-order valence-corrected chi connectivity index (χ3v) is 5.31. The molecule has 25 heavy (non-hydrogen) atoms. The van der Waals surface area contributed by atoms with Gasteiger partial charge in [-0.25, -0.2) is 0 Å². The van der Waals surface area contributed by atoms with E-state index in [1.54, 1.807) is 18.2 Å². The number of hydrogen-bond donors (Lipinski definition) is 0. The molecule has 8 heteroatoms. The summed E-state index contributed by atoms with van der Waals surface area (Å²) < 4.78 is 0. The van der Waals surface area contributed by atoms with Gasteiger partial charge in [0.15, 0.2) is 12.1 Å². The molecule has 0 saturated carbocycles. The van der Waals surface area contributed by atoms with Crippen molar-refractivity contribution in [3.8, 4) is 0 Å². The number of nitro groups is 1. The Hall–Kier alpha value is -2.74. The topological polar surface area (TPSA) is 83.8 Å². The lowest BCUT2D eigenvalue weighted by molar-refractivity contribution is -0.384. The van der Waals surface area contributed by atoms with Gasteiger partial charge in [-0.15, -0.1) is 11.3 Å². The molecule has 2 heterocycles. The predicted molar refractivity (Wildman–Crippen MR) is 97.2 cm³/mol. The molecule has 1 aromatic heterocycles. The first-order valence-electron chi connectivity index (χ1n) is 7.84. The van der Waals surface area contributed by atoms with Crippen LogP contribution in [0, 0.1) is 10.1 Å². The van der Waals surface area contributed by atoms with Crippen LogP contribution in [0.4, 0.5) is 16.4 Å². The van der Waals surface area contributed by atoms with Gasteiger partial charge >= 0.3 is 0 Å². The van der Waals surface area contributed by atoms with E-state index < -0.39 is 4.92 Å². The Morgan fingerprint density at radius 3 is 2.40 bits per heavy atom. The molecule has 0 aliphatic carbocycles. The van der Waals surface area contributed by atoms with E-state index in [1.807, 2.05) is 11.0 Å². The van der Waals surface area contributed by atoms with Crippen LogP contribution in [0.1, 0.15) is 27.0 Å². The summed E-state index contributed by atoms with van der Waals surface area (Å²) in [5, 5.41) is 12.4. The van der Waals surface area contributed by atoms with Gasteiger partial charge in [-0.2, -0.15) is 0 Å². The van der Waals surface area contributed by atoms with Crippen molar-refractivity contribution in [1.82, 2.24) is 0 Å². The Bertz CT molecular complexity index is 825. The second-order valence-corrected chi connectivity index (χ2v) is 6.88. The molecule has 0 N–H and O–H groups in total. The Kier molecular flexibility index (Phi) is 4.80. The van der Waals surface area contributed by atoms with E-state index in [9.17, 15) is 19.7 Å². The minimum absolute atomic E-state index is 0.0412. The third kappa shape index (κ3) is 3.53. The zero-order chi connectivity index (χ0) is 18.0. The number of thiophene rings is 1. The van der Waals surface area contributed by atoms with Gasteiger partial charge in [-0.1, -0.05) is 0 Å². The second-order valence-electron chi connectivity index (χ2n) is 5.78. The van der Waals surface area contributed by atoms with Crippen molar-refractivity contribution in [3.05, 3.63) is 50.9 Å². The minimum Gasteiger partial charge on any atom is -0.362 e. The Labute approximate surface area is 148 Å². The van der Waals surface area contributed by atoms with E-state index in [2.05, 4.69) is 4.90 Å². The summed E-state index contributed by atoms with van der Waals surface area (Å²) in [5.41, 5.74) is 0.837. The highest BCUT2D eigenvalue weighted by Gasteiger charge is 2.25. The SMILES string of the molecule is CC(=O)c1ccc(N2CCN(c3ccc(C=O)s3)CC2)c([N+](=O)[O-])c1. The smallest absolute Gasteiger partial charge is 0.293 e. The van der Waals surface area contributed by atoms with E-state index in [0.717, 1.165) is 11.3 Å². The molecule has 0 unspecified atom stereocenters. The average molecular weight is 359 g/mol. The molecule has 1 fully saturated rings. The lowest BCUT2D eigenvalue weighted by Crippen LogP contribution is -2.46. The molecule has 7 nitrogen and oxygen atoms in total. The fourth-order valence-corrected chi connectivity index (χ4v) is 3.77. The predicted octanol–water partition coefficient (Wildman–Crippen LogP) is 3.00. The number of ketones is 1. The maximum absolute atomic E-state index is 11.5. The van der Waals surface area contributed by atoms with Gasteiger partial charge in [0.25, 0.3) is 5.69 Å². The number of anilines is 2. The van der Waals surface area contributed by atoms with Crippen molar-refractivity contribution in [2.75, 3.05) is 36.0 Å². The van der Waals surface area contributed by atoms with E-state index in [1.165, 1.54) is 24.3 Å². The summed E-state index contributed by atoms with van der Waals surface area (Å²) in [7, 11) is 0. The lowest BCUT2D eigenvalue weighted by atomic mass is 10.1. The molecule has 130 valence electrons. The zero-order valence-electron chi connectivity index (χ0n) is 13.7. The number of carbonyl (C=O) groups excluding carboxylic acids is 2.